The summed E-state index contributed by atoms with van der Waals surface area (Å²) in [6.45, 7) is 4.69. The fourth-order valence-corrected chi connectivity index (χ4v) is 10.1. The number of rotatable bonds is 8. The second-order valence-corrected chi connectivity index (χ2v) is 11.2. The predicted molar refractivity (Wildman–Crippen MR) is 71.6 cm³/mol. The molecule has 0 bridgehead atoms. The molecule has 1 atom stereocenters. The number of unbranched alkanes of at least 4 members (excludes halogenated alkanes) is 2. The van der Waals surface area contributed by atoms with Crippen LogP contribution in [-0.4, -0.2) is 14.3 Å². The van der Waals surface area contributed by atoms with Crippen LogP contribution in [0.5, 0.6) is 0 Å². The van der Waals surface area contributed by atoms with Crippen molar-refractivity contribution < 1.29 is 0 Å². The third-order valence-electron chi connectivity index (χ3n) is 3.62. The molecule has 1 saturated carbocycles. The molecular weight excluding hydrogens is 241 g/mol. The Bertz CT molecular complexity index is 130. The van der Waals surface area contributed by atoms with Crippen molar-refractivity contribution in [2.24, 2.45) is 5.92 Å². The van der Waals surface area contributed by atoms with Crippen LogP contribution in [0, 0.1) is 12.3 Å². The van der Waals surface area contributed by atoms with Gasteiger partial charge < -0.3 is 0 Å². The van der Waals surface area contributed by atoms with E-state index in [-0.39, 0.29) is 0 Å². The van der Waals surface area contributed by atoms with E-state index in [1.165, 1.54) is 44.9 Å². The van der Waals surface area contributed by atoms with E-state index in [0.29, 0.717) is 0 Å². The number of hydrogen-bond donors (Lipinski definition) is 0. The third-order valence-corrected chi connectivity index (χ3v) is 10.5. The van der Waals surface area contributed by atoms with Crippen LogP contribution in [0.2, 0.25) is 15.8 Å². The number of hydrogen-bond acceptors (Lipinski definition) is 0. The molecule has 0 amide bonds. The first kappa shape index (κ1) is 13.5. The van der Waals surface area contributed by atoms with Gasteiger partial charge in [0.15, 0.2) is 0 Å². The van der Waals surface area contributed by atoms with Gasteiger partial charge in [-0.1, -0.05) is 0 Å². The predicted octanol–water partition coefficient (Wildman–Crippen LogP) is 5.09. The van der Waals surface area contributed by atoms with Gasteiger partial charge in [0.25, 0.3) is 0 Å². The van der Waals surface area contributed by atoms with Gasteiger partial charge in [0.2, 0.25) is 0 Å². The van der Waals surface area contributed by atoms with Gasteiger partial charge in [-0.05, 0) is 0 Å². The monoisotopic (exact) mass is 270 g/mol. The summed E-state index contributed by atoms with van der Waals surface area (Å²) < 4.78 is 0. The summed E-state index contributed by atoms with van der Waals surface area (Å²) in [4.78, 5) is 0. The van der Waals surface area contributed by atoms with Crippen LogP contribution in [0.4, 0.5) is 0 Å². The molecule has 0 nitrogen and oxygen atoms in total. The standard InChI is InChI=1S/C14H28Ge/c1-3-5-11-15(12-6-4-2)13-14-9-7-8-10-14/h7,14H,3-6,8-13H2,1-2H3/q+1. The molecule has 0 aromatic heterocycles. The average Bonchev–Trinajstić information content (AvgIpc) is 2.74. The van der Waals surface area contributed by atoms with E-state index in [4.69, 9.17) is 0 Å². The van der Waals surface area contributed by atoms with E-state index in [9.17, 15) is 0 Å². The van der Waals surface area contributed by atoms with Gasteiger partial charge in [0, 0.05) is 0 Å². The molecule has 0 aromatic rings. The molecule has 1 heteroatoms. The Morgan fingerprint density at radius 3 is 2.27 bits per heavy atom. The second-order valence-electron chi connectivity index (χ2n) is 5.13. The van der Waals surface area contributed by atoms with Crippen LogP contribution >= 0.6 is 0 Å². The molecule has 1 aliphatic carbocycles. The second kappa shape index (κ2) is 8.55. The summed E-state index contributed by atoms with van der Waals surface area (Å²) in [5.74, 6) is 1.12. The Balaban J connectivity index is 2.19. The summed E-state index contributed by atoms with van der Waals surface area (Å²) >= 11 is -0.619. The van der Waals surface area contributed by atoms with Crippen LogP contribution in [0.15, 0.2) is 0 Å². The van der Waals surface area contributed by atoms with E-state index >= 15 is 0 Å². The first-order valence-electron chi connectivity index (χ1n) is 7.02. The van der Waals surface area contributed by atoms with Gasteiger partial charge >= 0.3 is 101 Å². The van der Waals surface area contributed by atoms with E-state index in [2.05, 4.69) is 20.3 Å². The molecule has 1 rings (SSSR count). The minimum absolute atomic E-state index is 0.619. The first-order valence-corrected chi connectivity index (χ1v) is 11.5. The van der Waals surface area contributed by atoms with Crippen LogP contribution in [0.3, 0.4) is 0 Å². The topological polar surface area (TPSA) is 0 Å². The molecule has 1 fully saturated rings. The summed E-state index contributed by atoms with van der Waals surface area (Å²) in [5.41, 5.74) is 0. The Kier molecular flexibility index (Phi) is 7.68. The Morgan fingerprint density at radius 2 is 1.80 bits per heavy atom. The summed E-state index contributed by atoms with van der Waals surface area (Å²) in [5, 5.41) is 5.01. The zero-order valence-corrected chi connectivity index (χ0v) is 12.8. The third kappa shape index (κ3) is 5.89. The molecule has 0 aliphatic heterocycles. The van der Waals surface area contributed by atoms with E-state index in [0.717, 1.165) is 5.92 Å². The van der Waals surface area contributed by atoms with Gasteiger partial charge in [0.05, 0.1) is 0 Å². The van der Waals surface area contributed by atoms with Gasteiger partial charge in [-0.15, -0.1) is 0 Å². The minimum atomic E-state index is -0.619. The van der Waals surface area contributed by atoms with Gasteiger partial charge in [-0.2, -0.15) is 0 Å². The van der Waals surface area contributed by atoms with Gasteiger partial charge in [-0.3, -0.25) is 0 Å². The van der Waals surface area contributed by atoms with Crippen molar-refractivity contribution in [1.82, 2.24) is 0 Å². The van der Waals surface area contributed by atoms with Crippen molar-refractivity contribution in [3.63, 3.8) is 0 Å². The molecule has 1 unspecified atom stereocenters. The van der Waals surface area contributed by atoms with Crippen molar-refractivity contribution in [1.29, 1.82) is 0 Å². The molecular formula is C14H28Ge+. The molecule has 0 saturated heterocycles. The SMILES string of the molecule is CCC[CH2][Ge]([CH2]CCC)[CH2]C1C[CH+]CC1. The maximum atomic E-state index is 2.53. The molecule has 0 spiro atoms. The quantitative estimate of drug-likeness (QED) is 0.425. The summed E-state index contributed by atoms with van der Waals surface area (Å²) in [7, 11) is 0. The van der Waals surface area contributed by atoms with Gasteiger partial charge in [-0.25, -0.2) is 0 Å². The Hall–Kier alpha value is 0.413. The first-order chi connectivity index (χ1) is 7.36. The summed E-state index contributed by atoms with van der Waals surface area (Å²) in [6.07, 6.45) is 12.8. The maximum absolute atomic E-state index is 2.53. The molecule has 15 heavy (non-hydrogen) atoms. The van der Waals surface area contributed by atoms with Crippen LogP contribution < -0.4 is 0 Å². The summed E-state index contributed by atoms with van der Waals surface area (Å²) in [6, 6.07) is 0. The van der Waals surface area contributed by atoms with Crippen molar-refractivity contribution in [2.45, 2.75) is 74.6 Å². The fourth-order valence-electron chi connectivity index (χ4n) is 2.60. The zero-order chi connectivity index (χ0) is 10.9. The molecule has 0 aromatic carbocycles. The molecule has 0 N–H and O–H groups in total. The van der Waals surface area contributed by atoms with E-state index < -0.39 is 14.3 Å². The normalized spacial score (nSPS) is 20.9. The zero-order valence-electron chi connectivity index (χ0n) is 10.7. The van der Waals surface area contributed by atoms with E-state index in [1.807, 2.05) is 0 Å². The van der Waals surface area contributed by atoms with Crippen molar-refractivity contribution in [3.05, 3.63) is 6.42 Å². The Morgan fingerprint density at radius 1 is 1.13 bits per heavy atom. The fraction of sp³-hybridized carbons (Fsp3) is 0.929. The van der Waals surface area contributed by atoms with Gasteiger partial charge in [0.1, 0.15) is 0 Å². The van der Waals surface area contributed by atoms with Crippen LogP contribution in [-0.2, 0) is 0 Å². The van der Waals surface area contributed by atoms with Crippen LogP contribution in [0.1, 0.15) is 58.8 Å². The van der Waals surface area contributed by atoms with Crippen LogP contribution in [0.25, 0.3) is 0 Å². The van der Waals surface area contributed by atoms with E-state index in [1.54, 1.807) is 15.8 Å². The molecule has 1 radical (unpaired) electrons. The van der Waals surface area contributed by atoms with Crippen molar-refractivity contribution in [2.75, 3.05) is 0 Å². The molecule has 1 aliphatic rings. The van der Waals surface area contributed by atoms with Crippen molar-refractivity contribution >= 4 is 14.3 Å². The molecule has 0 heterocycles. The molecule has 87 valence electrons. The van der Waals surface area contributed by atoms with Crippen molar-refractivity contribution in [3.8, 4) is 0 Å². The Labute approximate surface area is 101 Å². The average molecular weight is 269 g/mol.